The molecule has 2 N–H and O–H groups in total. The molecule has 1 aliphatic carbocycles. The first-order valence-corrected chi connectivity index (χ1v) is 3.73. The van der Waals surface area contributed by atoms with Crippen LogP contribution in [0.15, 0.2) is 0 Å². The van der Waals surface area contributed by atoms with Crippen LogP contribution in [0.5, 0.6) is 0 Å². The second-order valence-corrected chi connectivity index (χ2v) is 2.66. The van der Waals surface area contributed by atoms with Crippen LogP contribution in [0.4, 0.5) is 0 Å². The van der Waals surface area contributed by atoms with Crippen molar-refractivity contribution >= 4 is 0 Å². The number of ether oxygens (including phenoxy) is 1. The summed E-state index contributed by atoms with van der Waals surface area (Å²) in [6.07, 6.45) is 5.08. The Morgan fingerprint density at radius 2 is 1.56 bits per heavy atom. The van der Waals surface area contributed by atoms with Gasteiger partial charge in [0.05, 0.1) is 0 Å². The summed E-state index contributed by atoms with van der Waals surface area (Å²) in [5.41, 5.74) is 5.22. The summed E-state index contributed by atoms with van der Waals surface area (Å²) in [7, 11) is 0. The van der Waals surface area contributed by atoms with Crippen molar-refractivity contribution in [1.29, 1.82) is 0 Å². The topological polar surface area (TPSA) is 35.2 Å². The highest BCUT2D eigenvalue weighted by Crippen LogP contribution is 2.13. The van der Waals surface area contributed by atoms with Crippen LogP contribution >= 0.6 is 0 Å². The SMILES string of the molecule is C1CCOC1.NC1CC1. The lowest BCUT2D eigenvalue weighted by Gasteiger charge is -1.76. The molecule has 1 saturated carbocycles. The van der Waals surface area contributed by atoms with Crippen molar-refractivity contribution in [1.82, 2.24) is 0 Å². The standard InChI is InChI=1S/C4H8O.C3H7N/c1-2-4-5-3-1;4-3-1-2-3/h1-4H2;3H,1-2,4H2. The Labute approximate surface area is 56.4 Å². The molecule has 0 atom stereocenters. The first kappa shape index (κ1) is 7.03. The zero-order valence-corrected chi connectivity index (χ0v) is 5.81. The second kappa shape index (κ2) is 3.85. The van der Waals surface area contributed by atoms with E-state index in [4.69, 9.17) is 10.5 Å². The van der Waals surface area contributed by atoms with E-state index in [0.717, 1.165) is 13.2 Å². The first-order valence-electron chi connectivity index (χ1n) is 3.73. The van der Waals surface area contributed by atoms with Crippen molar-refractivity contribution in [2.45, 2.75) is 31.7 Å². The Kier molecular flexibility index (Phi) is 3.01. The van der Waals surface area contributed by atoms with Gasteiger partial charge in [0.1, 0.15) is 0 Å². The lowest BCUT2D eigenvalue weighted by atomic mass is 10.4. The van der Waals surface area contributed by atoms with E-state index >= 15 is 0 Å². The molecule has 2 nitrogen and oxygen atoms in total. The average Bonchev–Trinajstić information content (AvgIpc) is 2.52. The molecule has 0 amide bonds. The highest BCUT2D eigenvalue weighted by molar-refractivity contribution is 4.75. The maximum Gasteiger partial charge on any atom is 0.0466 e. The predicted molar refractivity (Wildman–Crippen MR) is 37.3 cm³/mol. The summed E-state index contributed by atoms with van der Waals surface area (Å²) in [5.74, 6) is 0. The lowest BCUT2D eigenvalue weighted by Crippen LogP contribution is -1.94. The van der Waals surface area contributed by atoms with Gasteiger partial charge in [0.2, 0.25) is 0 Å². The molecule has 2 aliphatic rings. The van der Waals surface area contributed by atoms with Gasteiger partial charge in [-0.15, -0.1) is 0 Å². The lowest BCUT2D eigenvalue weighted by molar-refractivity contribution is 0.198. The monoisotopic (exact) mass is 129 g/mol. The fourth-order valence-corrected chi connectivity index (χ4v) is 0.607. The number of hydrogen-bond acceptors (Lipinski definition) is 2. The summed E-state index contributed by atoms with van der Waals surface area (Å²) in [5, 5.41) is 0. The molecule has 2 rings (SSSR count). The highest BCUT2D eigenvalue weighted by atomic mass is 16.5. The molecule has 0 aromatic heterocycles. The Balaban J connectivity index is 0.0000000922. The van der Waals surface area contributed by atoms with E-state index in [9.17, 15) is 0 Å². The molecular weight excluding hydrogens is 114 g/mol. The maximum atomic E-state index is 5.22. The van der Waals surface area contributed by atoms with E-state index in [1.807, 2.05) is 0 Å². The molecule has 2 heteroatoms. The molecule has 0 radical (unpaired) electrons. The second-order valence-electron chi connectivity index (χ2n) is 2.66. The van der Waals surface area contributed by atoms with Gasteiger partial charge < -0.3 is 10.5 Å². The van der Waals surface area contributed by atoms with E-state index in [2.05, 4.69) is 0 Å². The molecule has 0 aromatic rings. The largest absolute Gasteiger partial charge is 0.381 e. The van der Waals surface area contributed by atoms with E-state index < -0.39 is 0 Å². The molecule has 1 saturated heterocycles. The molecule has 0 aromatic carbocycles. The van der Waals surface area contributed by atoms with Crippen LogP contribution in [-0.2, 0) is 4.74 Å². The quantitative estimate of drug-likeness (QED) is 0.527. The summed E-state index contributed by atoms with van der Waals surface area (Å²) in [4.78, 5) is 0. The molecule has 9 heavy (non-hydrogen) atoms. The molecule has 0 spiro atoms. The van der Waals surface area contributed by atoms with Crippen LogP contribution in [0.1, 0.15) is 25.7 Å². The summed E-state index contributed by atoms with van der Waals surface area (Å²) in [6, 6.07) is 0.583. The third-order valence-electron chi connectivity index (χ3n) is 1.45. The Morgan fingerprint density at radius 3 is 1.67 bits per heavy atom. The van der Waals surface area contributed by atoms with E-state index in [-0.39, 0.29) is 0 Å². The predicted octanol–water partition coefficient (Wildman–Crippen LogP) is 0.904. The van der Waals surface area contributed by atoms with Crippen molar-refractivity contribution < 1.29 is 4.74 Å². The highest BCUT2D eigenvalue weighted by Gasteiger charge is 2.13. The zero-order valence-electron chi connectivity index (χ0n) is 5.81. The van der Waals surface area contributed by atoms with Crippen molar-refractivity contribution in [3.63, 3.8) is 0 Å². The van der Waals surface area contributed by atoms with E-state index in [1.165, 1.54) is 25.7 Å². The van der Waals surface area contributed by atoms with E-state index in [0.29, 0.717) is 6.04 Å². The van der Waals surface area contributed by atoms with Crippen LogP contribution in [-0.4, -0.2) is 19.3 Å². The van der Waals surface area contributed by atoms with Gasteiger partial charge in [-0.05, 0) is 25.7 Å². The summed E-state index contributed by atoms with van der Waals surface area (Å²) in [6.45, 7) is 2.00. The number of rotatable bonds is 0. The van der Waals surface area contributed by atoms with Crippen molar-refractivity contribution in [2.24, 2.45) is 5.73 Å². The molecular formula is C7H15NO. The molecule has 2 fully saturated rings. The Hall–Kier alpha value is -0.0800. The Bertz CT molecular complexity index is 59.7. The zero-order chi connectivity index (χ0) is 6.53. The van der Waals surface area contributed by atoms with Crippen LogP contribution in [0.25, 0.3) is 0 Å². The van der Waals surface area contributed by atoms with Crippen molar-refractivity contribution in [3.8, 4) is 0 Å². The van der Waals surface area contributed by atoms with Crippen LogP contribution < -0.4 is 5.73 Å². The van der Waals surface area contributed by atoms with Crippen molar-refractivity contribution in [3.05, 3.63) is 0 Å². The van der Waals surface area contributed by atoms with Gasteiger partial charge in [0, 0.05) is 19.3 Å². The van der Waals surface area contributed by atoms with Gasteiger partial charge in [0.15, 0.2) is 0 Å². The normalized spacial score (nSPS) is 25.0. The fraction of sp³-hybridized carbons (Fsp3) is 1.00. The molecule has 1 aliphatic heterocycles. The van der Waals surface area contributed by atoms with Crippen LogP contribution in [0.3, 0.4) is 0 Å². The summed E-state index contributed by atoms with van der Waals surface area (Å²) < 4.78 is 4.94. The molecule has 0 unspecified atom stereocenters. The van der Waals surface area contributed by atoms with Crippen molar-refractivity contribution in [2.75, 3.05) is 13.2 Å². The van der Waals surface area contributed by atoms with Gasteiger partial charge in [-0.1, -0.05) is 0 Å². The number of hydrogen-bond donors (Lipinski definition) is 1. The molecule has 0 bridgehead atoms. The fourth-order valence-electron chi connectivity index (χ4n) is 0.607. The van der Waals surface area contributed by atoms with Gasteiger partial charge in [-0.2, -0.15) is 0 Å². The van der Waals surface area contributed by atoms with Gasteiger partial charge in [-0.3, -0.25) is 0 Å². The van der Waals surface area contributed by atoms with Gasteiger partial charge >= 0.3 is 0 Å². The maximum absolute atomic E-state index is 5.22. The number of nitrogens with two attached hydrogens (primary N) is 1. The average molecular weight is 129 g/mol. The van der Waals surface area contributed by atoms with Crippen LogP contribution in [0, 0.1) is 0 Å². The first-order chi connectivity index (χ1) is 4.39. The molecule has 54 valence electrons. The minimum atomic E-state index is 0.583. The van der Waals surface area contributed by atoms with Gasteiger partial charge in [-0.25, -0.2) is 0 Å². The van der Waals surface area contributed by atoms with Gasteiger partial charge in [0.25, 0.3) is 0 Å². The summed E-state index contributed by atoms with van der Waals surface area (Å²) >= 11 is 0. The molecule has 1 heterocycles. The third-order valence-corrected chi connectivity index (χ3v) is 1.45. The third kappa shape index (κ3) is 4.43. The van der Waals surface area contributed by atoms with Crippen LogP contribution in [0.2, 0.25) is 0 Å². The Morgan fingerprint density at radius 1 is 1.11 bits per heavy atom. The minimum absolute atomic E-state index is 0.583. The smallest absolute Gasteiger partial charge is 0.0466 e. The minimum Gasteiger partial charge on any atom is -0.381 e. The van der Waals surface area contributed by atoms with E-state index in [1.54, 1.807) is 0 Å².